The molecule has 1 aromatic rings. The summed E-state index contributed by atoms with van der Waals surface area (Å²) in [5.74, 6) is -0.843. The summed E-state index contributed by atoms with van der Waals surface area (Å²) in [5.41, 5.74) is 6.48. The molecule has 4 nitrogen and oxygen atoms in total. The van der Waals surface area contributed by atoms with Gasteiger partial charge >= 0.3 is 5.97 Å². The first kappa shape index (κ1) is 12.8. The molecule has 1 saturated carbocycles. The monoisotopic (exact) mass is 252 g/mol. The minimum atomic E-state index is -0.471. The van der Waals surface area contributed by atoms with E-state index in [2.05, 4.69) is 10.1 Å². The summed E-state index contributed by atoms with van der Waals surface area (Å²) in [5, 5.41) is 3.10. The molecular formula is C13H17FN2O2. The molecule has 5 heteroatoms. The number of benzene rings is 1. The summed E-state index contributed by atoms with van der Waals surface area (Å²) in [7, 11) is 1.30. The van der Waals surface area contributed by atoms with Crippen molar-refractivity contribution in [1.29, 1.82) is 0 Å². The molecular weight excluding hydrogens is 235 g/mol. The fourth-order valence-corrected chi connectivity index (χ4v) is 2.25. The molecule has 1 aliphatic carbocycles. The second kappa shape index (κ2) is 5.35. The number of methoxy groups -OCH3 is 1. The van der Waals surface area contributed by atoms with E-state index in [1.54, 1.807) is 0 Å². The van der Waals surface area contributed by atoms with Gasteiger partial charge in [0.1, 0.15) is 5.82 Å². The lowest BCUT2D eigenvalue weighted by atomic mass is 10.1. The Morgan fingerprint density at radius 3 is 2.89 bits per heavy atom. The topological polar surface area (TPSA) is 64.3 Å². The second-order valence-electron chi connectivity index (χ2n) is 4.60. The summed E-state index contributed by atoms with van der Waals surface area (Å²) < 4.78 is 18.3. The molecule has 1 fully saturated rings. The number of rotatable bonds is 3. The fourth-order valence-electron chi connectivity index (χ4n) is 2.25. The number of nitrogens with two attached hydrogens (primary N) is 1. The van der Waals surface area contributed by atoms with Gasteiger partial charge in [0.05, 0.1) is 18.4 Å². The molecule has 2 rings (SSSR count). The highest BCUT2D eigenvalue weighted by atomic mass is 19.1. The van der Waals surface area contributed by atoms with Gasteiger partial charge in [-0.3, -0.25) is 0 Å². The van der Waals surface area contributed by atoms with Crippen LogP contribution in [0.1, 0.15) is 29.6 Å². The van der Waals surface area contributed by atoms with Gasteiger partial charge in [-0.25, -0.2) is 9.18 Å². The number of halogens is 1. The predicted molar refractivity (Wildman–Crippen MR) is 67.0 cm³/mol. The second-order valence-corrected chi connectivity index (χ2v) is 4.60. The van der Waals surface area contributed by atoms with Crippen molar-refractivity contribution in [2.75, 3.05) is 12.4 Å². The number of carbonyl (C=O) groups excluding carboxylic acids is 1. The third kappa shape index (κ3) is 2.79. The average Bonchev–Trinajstić information content (AvgIpc) is 2.76. The van der Waals surface area contributed by atoms with Crippen molar-refractivity contribution in [2.24, 2.45) is 5.73 Å². The van der Waals surface area contributed by atoms with Crippen molar-refractivity contribution in [3.8, 4) is 0 Å². The molecule has 1 aromatic carbocycles. The molecule has 1 aliphatic rings. The lowest BCUT2D eigenvalue weighted by Gasteiger charge is -2.15. The first-order valence-corrected chi connectivity index (χ1v) is 6.00. The van der Waals surface area contributed by atoms with E-state index in [1.165, 1.54) is 25.3 Å². The Morgan fingerprint density at radius 2 is 2.28 bits per heavy atom. The van der Waals surface area contributed by atoms with Gasteiger partial charge in [-0.2, -0.15) is 0 Å². The zero-order chi connectivity index (χ0) is 13.1. The lowest BCUT2D eigenvalue weighted by molar-refractivity contribution is 0.0600. The summed E-state index contributed by atoms with van der Waals surface area (Å²) in [6.45, 7) is 0. The maximum atomic E-state index is 13.6. The predicted octanol–water partition coefficient (Wildman–Crippen LogP) is 1.90. The lowest BCUT2D eigenvalue weighted by Crippen LogP contribution is -2.21. The van der Waals surface area contributed by atoms with Crippen LogP contribution in [0.3, 0.4) is 0 Å². The molecule has 0 aliphatic heterocycles. The van der Waals surface area contributed by atoms with E-state index in [-0.39, 0.29) is 17.9 Å². The molecule has 2 unspecified atom stereocenters. The van der Waals surface area contributed by atoms with Crippen LogP contribution >= 0.6 is 0 Å². The maximum absolute atomic E-state index is 13.6. The highest BCUT2D eigenvalue weighted by molar-refractivity contribution is 5.90. The zero-order valence-electron chi connectivity index (χ0n) is 10.3. The highest BCUT2D eigenvalue weighted by Gasteiger charge is 2.22. The van der Waals surface area contributed by atoms with Crippen molar-refractivity contribution >= 4 is 11.7 Å². The largest absolute Gasteiger partial charge is 0.465 e. The average molecular weight is 252 g/mol. The van der Waals surface area contributed by atoms with Gasteiger partial charge in [-0.15, -0.1) is 0 Å². The zero-order valence-corrected chi connectivity index (χ0v) is 10.3. The Bertz CT molecular complexity index is 451. The Hall–Kier alpha value is -1.62. The van der Waals surface area contributed by atoms with E-state index in [9.17, 15) is 9.18 Å². The van der Waals surface area contributed by atoms with Crippen LogP contribution < -0.4 is 11.1 Å². The summed E-state index contributed by atoms with van der Waals surface area (Å²) in [4.78, 5) is 11.4. The molecule has 0 spiro atoms. The molecule has 0 amide bonds. The fraction of sp³-hybridized carbons (Fsp3) is 0.462. The third-order valence-electron chi connectivity index (χ3n) is 3.22. The van der Waals surface area contributed by atoms with Crippen LogP contribution in [0.5, 0.6) is 0 Å². The minimum Gasteiger partial charge on any atom is -0.465 e. The molecule has 0 heterocycles. The van der Waals surface area contributed by atoms with Crippen LogP contribution in [0.4, 0.5) is 10.1 Å². The van der Waals surface area contributed by atoms with Crippen LogP contribution in [0.15, 0.2) is 18.2 Å². The molecule has 2 atom stereocenters. The number of ether oxygens (including phenoxy) is 1. The van der Waals surface area contributed by atoms with E-state index in [0.29, 0.717) is 11.3 Å². The van der Waals surface area contributed by atoms with E-state index in [0.717, 1.165) is 19.3 Å². The van der Waals surface area contributed by atoms with Gasteiger partial charge in [0.15, 0.2) is 0 Å². The van der Waals surface area contributed by atoms with Crippen molar-refractivity contribution in [3.63, 3.8) is 0 Å². The Kier molecular flexibility index (Phi) is 3.81. The molecule has 0 saturated heterocycles. The Morgan fingerprint density at radius 1 is 1.50 bits per heavy atom. The number of hydrogen-bond donors (Lipinski definition) is 2. The van der Waals surface area contributed by atoms with Crippen LogP contribution in [-0.2, 0) is 4.74 Å². The molecule has 0 radical (unpaired) electrons. The van der Waals surface area contributed by atoms with Crippen molar-refractivity contribution in [3.05, 3.63) is 29.6 Å². The maximum Gasteiger partial charge on any atom is 0.337 e. The van der Waals surface area contributed by atoms with Gasteiger partial charge in [-0.1, -0.05) is 0 Å². The van der Waals surface area contributed by atoms with Crippen LogP contribution in [0, 0.1) is 5.82 Å². The number of esters is 1. The van der Waals surface area contributed by atoms with Crippen LogP contribution in [0.2, 0.25) is 0 Å². The molecule has 98 valence electrons. The highest BCUT2D eigenvalue weighted by Crippen LogP contribution is 2.24. The van der Waals surface area contributed by atoms with Gasteiger partial charge in [-0.05, 0) is 37.5 Å². The van der Waals surface area contributed by atoms with Crippen molar-refractivity contribution < 1.29 is 13.9 Å². The van der Waals surface area contributed by atoms with E-state index in [4.69, 9.17) is 5.73 Å². The third-order valence-corrected chi connectivity index (χ3v) is 3.22. The first-order chi connectivity index (χ1) is 8.60. The number of hydrogen-bond acceptors (Lipinski definition) is 4. The van der Waals surface area contributed by atoms with E-state index < -0.39 is 5.97 Å². The SMILES string of the molecule is COC(=O)c1ccc(F)c(NC2CCC(N)C2)c1. The van der Waals surface area contributed by atoms with E-state index in [1.807, 2.05) is 0 Å². The Balaban J connectivity index is 2.13. The van der Waals surface area contributed by atoms with E-state index >= 15 is 0 Å². The smallest absolute Gasteiger partial charge is 0.337 e. The van der Waals surface area contributed by atoms with Gasteiger partial charge < -0.3 is 15.8 Å². The van der Waals surface area contributed by atoms with Crippen molar-refractivity contribution in [2.45, 2.75) is 31.3 Å². The molecule has 3 N–H and O–H groups in total. The Labute approximate surface area is 105 Å². The van der Waals surface area contributed by atoms with Gasteiger partial charge in [0.2, 0.25) is 0 Å². The number of nitrogens with one attached hydrogen (secondary N) is 1. The normalized spacial score (nSPS) is 22.8. The van der Waals surface area contributed by atoms with Gasteiger partial charge in [0.25, 0.3) is 0 Å². The van der Waals surface area contributed by atoms with Gasteiger partial charge in [0, 0.05) is 12.1 Å². The number of carbonyl (C=O) groups is 1. The van der Waals surface area contributed by atoms with Crippen LogP contribution in [0.25, 0.3) is 0 Å². The number of anilines is 1. The van der Waals surface area contributed by atoms with Crippen LogP contribution in [-0.4, -0.2) is 25.2 Å². The first-order valence-electron chi connectivity index (χ1n) is 6.00. The van der Waals surface area contributed by atoms with Crippen molar-refractivity contribution in [1.82, 2.24) is 0 Å². The molecule has 0 bridgehead atoms. The summed E-state index contributed by atoms with van der Waals surface area (Å²) in [6.07, 6.45) is 2.68. The quantitative estimate of drug-likeness (QED) is 0.806. The summed E-state index contributed by atoms with van der Waals surface area (Å²) >= 11 is 0. The standard InChI is InChI=1S/C13H17FN2O2/c1-18-13(17)8-2-5-11(14)12(6-8)16-10-4-3-9(15)7-10/h2,5-6,9-10,16H,3-4,7,15H2,1H3. The molecule has 0 aromatic heterocycles. The summed E-state index contributed by atoms with van der Waals surface area (Å²) in [6, 6.07) is 4.50. The molecule has 18 heavy (non-hydrogen) atoms. The minimum absolute atomic E-state index is 0.169.